The maximum Gasteiger partial charge on any atom is 0.148 e. The maximum absolute atomic E-state index is 9.54. The minimum atomic E-state index is -0.505. The second kappa shape index (κ2) is 5.72. The number of aryl methyl sites for hydroxylation is 1. The van der Waals surface area contributed by atoms with Gasteiger partial charge in [0.1, 0.15) is 5.82 Å². The lowest BCUT2D eigenvalue weighted by Gasteiger charge is -2.13. The molecule has 1 atom stereocenters. The van der Waals surface area contributed by atoms with E-state index in [1.807, 2.05) is 33.2 Å². The van der Waals surface area contributed by atoms with E-state index in [1.54, 1.807) is 4.68 Å². The molecule has 5 heteroatoms. The van der Waals surface area contributed by atoms with Gasteiger partial charge in [-0.3, -0.25) is 4.68 Å². The van der Waals surface area contributed by atoms with Gasteiger partial charge in [0.25, 0.3) is 0 Å². The van der Waals surface area contributed by atoms with Crippen LogP contribution in [0.3, 0.4) is 0 Å². The summed E-state index contributed by atoms with van der Waals surface area (Å²) in [7, 11) is 1.85. The molecule has 1 rings (SSSR count). The molecule has 15 heavy (non-hydrogen) atoms. The summed E-state index contributed by atoms with van der Waals surface area (Å²) >= 11 is 0. The number of nitrogens with zero attached hydrogens (tertiary/aromatic N) is 2. The fourth-order valence-corrected chi connectivity index (χ4v) is 1.09. The van der Waals surface area contributed by atoms with Crippen molar-refractivity contribution in [3.8, 4) is 0 Å². The van der Waals surface area contributed by atoms with E-state index in [-0.39, 0.29) is 6.10 Å². The minimum Gasteiger partial charge on any atom is -0.389 e. The Hall–Kier alpha value is -1.07. The Labute approximate surface area is 90.1 Å². The molecule has 0 fully saturated rings. The summed E-state index contributed by atoms with van der Waals surface area (Å²) in [6.45, 7) is 4.68. The van der Waals surface area contributed by atoms with Gasteiger partial charge in [-0.25, -0.2) is 0 Å². The van der Waals surface area contributed by atoms with E-state index >= 15 is 0 Å². The summed E-state index contributed by atoms with van der Waals surface area (Å²) in [6.07, 6.45) is 1.49. The summed E-state index contributed by atoms with van der Waals surface area (Å²) in [6, 6.07) is 1.86. The van der Waals surface area contributed by atoms with Gasteiger partial charge in [0.15, 0.2) is 0 Å². The van der Waals surface area contributed by atoms with Crippen LogP contribution in [0.4, 0.5) is 5.82 Å². The van der Waals surface area contributed by atoms with Crippen molar-refractivity contribution in [2.24, 2.45) is 7.05 Å². The van der Waals surface area contributed by atoms with Crippen molar-refractivity contribution in [1.82, 2.24) is 9.78 Å². The van der Waals surface area contributed by atoms with Gasteiger partial charge < -0.3 is 15.2 Å². The third-order valence-electron chi connectivity index (χ3n) is 1.85. The standard InChI is InChI=1S/C10H19N3O2/c1-8(2)15-7-9(14)6-11-10-4-5-13(3)12-10/h4-5,8-9,14H,6-7H2,1-3H3,(H,11,12). The van der Waals surface area contributed by atoms with Crippen molar-refractivity contribution in [2.45, 2.75) is 26.1 Å². The zero-order valence-electron chi connectivity index (χ0n) is 9.47. The number of nitrogens with one attached hydrogen (secondary N) is 1. The van der Waals surface area contributed by atoms with Crippen molar-refractivity contribution in [2.75, 3.05) is 18.5 Å². The third kappa shape index (κ3) is 4.80. The fraction of sp³-hybridized carbons (Fsp3) is 0.700. The first-order valence-electron chi connectivity index (χ1n) is 5.11. The molecule has 1 aromatic rings. The average Bonchev–Trinajstić information content (AvgIpc) is 2.58. The molecule has 0 saturated heterocycles. The number of aliphatic hydroxyl groups excluding tert-OH is 1. The molecule has 5 nitrogen and oxygen atoms in total. The summed E-state index contributed by atoms with van der Waals surface area (Å²) < 4.78 is 6.99. The Bertz CT molecular complexity index is 286. The molecule has 0 bridgehead atoms. The average molecular weight is 213 g/mol. The van der Waals surface area contributed by atoms with Crippen molar-refractivity contribution >= 4 is 5.82 Å². The van der Waals surface area contributed by atoms with Crippen LogP contribution < -0.4 is 5.32 Å². The number of ether oxygens (including phenoxy) is 1. The normalized spacial score (nSPS) is 13.1. The lowest BCUT2D eigenvalue weighted by molar-refractivity contribution is 0.0112. The third-order valence-corrected chi connectivity index (χ3v) is 1.85. The van der Waals surface area contributed by atoms with Crippen LogP contribution >= 0.6 is 0 Å². The van der Waals surface area contributed by atoms with Crippen LogP contribution in [0.25, 0.3) is 0 Å². The van der Waals surface area contributed by atoms with Gasteiger partial charge in [-0.2, -0.15) is 5.10 Å². The van der Waals surface area contributed by atoms with Gasteiger partial charge in [0, 0.05) is 25.9 Å². The van der Waals surface area contributed by atoms with Crippen LogP contribution in [0.1, 0.15) is 13.8 Å². The van der Waals surface area contributed by atoms with Crippen molar-refractivity contribution < 1.29 is 9.84 Å². The van der Waals surface area contributed by atoms with Crippen LogP contribution in [0, 0.1) is 0 Å². The van der Waals surface area contributed by atoms with Crippen LogP contribution in [-0.4, -0.2) is 40.2 Å². The molecule has 1 aromatic heterocycles. The fourth-order valence-electron chi connectivity index (χ4n) is 1.09. The van der Waals surface area contributed by atoms with E-state index in [4.69, 9.17) is 4.74 Å². The first-order chi connectivity index (χ1) is 7.08. The molecule has 2 N–H and O–H groups in total. The summed E-state index contributed by atoms with van der Waals surface area (Å²) in [5.41, 5.74) is 0. The van der Waals surface area contributed by atoms with Gasteiger partial charge in [-0.15, -0.1) is 0 Å². The molecule has 0 aliphatic heterocycles. The van der Waals surface area contributed by atoms with Crippen molar-refractivity contribution in [3.63, 3.8) is 0 Å². The number of anilines is 1. The molecule has 0 radical (unpaired) electrons. The van der Waals surface area contributed by atoms with E-state index in [0.29, 0.717) is 13.2 Å². The Morgan fingerprint density at radius 2 is 2.33 bits per heavy atom. The zero-order valence-corrected chi connectivity index (χ0v) is 9.47. The molecule has 86 valence electrons. The Morgan fingerprint density at radius 1 is 1.60 bits per heavy atom. The molecule has 0 amide bonds. The van der Waals surface area contributed by atoms with Crippen molar-refractivity contribution in [1.29, 1.82) is 0 Å². The molecule has 1 heterocycles. The van der Waals surface area contributed by atoms with E-state index in [0.717, 1.165) is 5.82 Å². The van der Waals surface area contributed by atoms with E-state index < -0.39 is 6.10 Å². The highest BCUT2D eigenvalue weighted by Crippen LogP contribution is 2.01. The van der Waals surface area contributed by atoms with Gasteiger partial charge in [-0.1, -0.05) is 0 Å². The van der Waals surface area contributed by atoms with E-state index in [1.165, 1.54) is 0 Å². The van der Waals surface area contributed by atoms with Crippen molar-refractivity contribution in [3.05, 3.63) is 12.3 Å². The Balaban J connectivity index is 2.19. The largest absolute Gasteiger partial charge is 0.389 e. The maximum atomic E-state index is 9.54. The topological polar surface area (TPSA) is 59.3 Å². The molecule has 0 saturated carbocycles. The molecule has 1 unspecified atom stereocenters. The van der Waals surface area contributed by atoms with Gasteiger partial charge in [0.2, 0.25) is 0 Å². The van der Waals surface area contributed by atoms with Crippen LogP contribution in [0.15, 0.2) is 12.3 Å². The summed E-state index contributed by atoms with van der Waals surface area (Å²) in [4.78, 5) is 0. The minimum absolute atomic E-state index is 0.148. The smallest absolute Gasteiger partial charge is 0.148 e. The molecule has 0 aromatic carbocycles. The van der Waals surface area contributed by atoms with Gasteiger partial charge >= 0.3 is 0 Å². The van der Waals surface area contributed by atoms with E-state index in [2.05, 4.69) is 10.4 Å². The Kier molecular flexibility index (Phi) is 4.58. The van der Waals surface area contributed by atoms with Crippen LogP contribution in [-0.2, 0) is 11.8 Å². The highest BCUT2D eigenvalue weighted by Gasteiger charge is 2.06. The zero-order chi connectivity index (χ0) is 11.3. The second-order valence-corrected chi connectivity index (χ2v) is 3.79. The lowest BCUT2D eigenvalue weighted by atomic mass is 10.3. The monoisotopic (exact) mass is 213 g/mol. The highest BCUT2D eigenvalue weighted by molar-refractivity contribution is 5.31. The Morgan fingerprint density at radius 3 is 2.87 bits per heavy atom. The van der Waals surface area contributed by atoms with Gasteiger partial charge in [0.05, 0.1) is 18.8 Å². The summed E-state index contributed by atoms with van der Waals surface area (Å²) in [5, 5.41) is 16.7. The highest BCUT2D eigenvalue weighted by atomic mass is 16.5. The van der Waals surface area contributed by atoms with Crippen LogP contribution in [0.5, 0.6) is 0 Å². The number of aliphatic hydroxyl groups is 1. The quantitative estimate of drug-likeness (QED) is 0.727. The molecule has 0 spiro atoms. The van der Waals surface area contributed by atoms with Crippen LogP contribution in [0.2, 0.25) is 0 Å². The number of rotatable bonds is 6. The predicted molar refractivity (Wildman–Crippen MR) is 58.8 cm³/mol. The van der Waals surface area contributed by atoms with E-state index in [9.17, 15) is 5.11 Å². The first-order valence-corrected chi connectivity index (χ1v) is 5.11. The molecular weight excluding hydrogens is 194 g/mol. The summed E-state index contributed by atoms with van der Waals surface area (Å²) in [5.74, 6) is 0.765. The molecular formula is C10H19N3O2. The molecule has 0 aliphatic carbocycles. The van der Waals surface area contributed by atoms with Gasteiger partial charge in [-0.05, 0) is 13.8 Å². The number of hydrogen-bond acceptors (Lipinski definition) is 4. The molecule has 0 aliphatic rings. The predicted octanol–water partition coefficient (Wildman–Crippen LogP) is 0.618. The first kappa shape index (κ1) is 12.0. The lowest BCUT2D eigenvalue weighted by Crippen LogP contribution is -2.26. The number of hydrogen-bond donors (Lipinski definition) is 2. The number of aromatic nitrogens is 2. The SMILES string of the molecule is CC(C)OCC(O)CNc1ccn(C)n1. The second-order valence-electron chi connectivity index (χ2n) is 3.79.